The highest BCUT2D eigenvalue weighted by Crippen LogP contribution is 2.42. The van der Waals surface area contributed by atoms with Crippen molar-refractivity contribution in [3.05, 3.63) is 11.6 Å². The second kappa shape index (κ2) is 4.44. The van der Waals surface area contributed by atoms with Gasteiger partial charge in [-0.05, 0) is 45.4 Å². The molecular formula is C12H19NO3S. The highest BCUT2D eigenvalue weighted by Gasteiger charge is 2.50. The molecule has 1 saturated carbocycles. The third-order valence-electron chi connectivity index (χ3n) is 3.62. The molecule has 2 aliphatic carbocycles. The van der Waals surface area contributed by atoms with E-state index in [4.69, 9.17) is 0 Å². The Bertz CT molecular complexity index is 446. The van der Waals surface area contributed by atoms with E-state index in [1.165, 1.54) is 6.42 Å². The summed E-state index contributed by atoms with van der Waals surface area (Å²) in [4.78, 5) is 11.7. The highest BCUT2D eigenvalue weighted by molar-refractivity contribution is 7.91. The molecule has 0 spiro atoms. The van der Waals surface area contributed by atoms with Crippen LogP contribution >= 0.6 is 0 Å². The molecule has 2 aliphatic rings. The van der Waals surface area contributed by atoms with Gasteiger partial charge in [-0.2, -0.15) is 0 Å². The van der Waals surface area contributed by atoms with Crippen molar-refractivity contribution in [1.29, 1.82) is 0 Å². The van der Waals surface area contributed by atoms with Crippen LogP contribution in [0.25, 0.3) is 0 Å². The Hall–Kier alpha value is -0.840. The van der Waals surface area contributed by atoms with Crippen molar-refractivity contribution in [2.24, 2.45) is 0 Å². The van der Waals surface area contributed by atoms with Gasteiger partial charge in [0.25, 0.3) is 0 Å². The van der Waals surface area contributed by atoms with Crippen molar-refractivity contribution in [1.82, 2.24) is 4.72 Å². The van der Waals surface area contributed by atoms with Gasteiger partial charge in [0.1, 0.15) is 0 Å². The normalized spacial score (nSPS) is 22.8. The minimum Gasteiger partial charge on any atom is -0.274 e. The summed E-state index contributed by atoms with van der Waals surface area (Å²) in [5, 5.41) is 0. The second-order valence-corrected chi connectivity index (χ2v) is 7.46. The second-order valence-electron chi connectivity index (χ2n) is 5.26. The van der Waals surface area contributed by atoms with Crippen molar-refractivity contribution in [2.75, 3.05) is 0 Å². The van der Waals surface area contributed by atoms with Crippen molar-refractivity contribution < 1.29 is 13.2 Å². The van der Waals surface area contributed by atoms with Crippen LogP contribution in [-0.4, -0.2) is 19.1 Å². The van der Waals surface area contributed by atoms with Gasteiger partial charge in [-0.3, -0.25) is 9.52 Å². The lowest BCUT2D eigenvalue weighted by Crippen LogP contribution is -2.38. The summed E-state index contributed by atoms with van der Waals surface area (Å²) in [5.74, 6) is -0.383. The topological polar surface area (TPSA) is 63.2 Å². The number of hydrogen-bond donors (Lipinski definition) is 1. The zero-order chi connectivity index (χ0) is 12.5. The van der Waals surface area contributed by atoms with Gasteiger partial charge in [0.15, 0.2) is 0 Å². The predicted molar refractivity (Wildman–Crippen MR) is 65.9 cm³/mol. The first-order chi connectivity index (χ1) is 7.93. The molecule has 0 saturated heterocycles. The zero-order valence-corrected chi connectivity index (χ0v) is 11.0. The van der Waals surface area contributed by atoms with E-state index >= 15 is 0 Å². The van der Waals surface area contributed by atoms with Crippen LogP contribution < -0.4 is 4.72 Å². The van der Waals surface area contributed by atoms with E-state index in [1.54, 1.807) is 6.92 Å². The largest absolute Gasteiger partial charge is 0.274 e. The van der Waals surface area contributed by atoms with Gasteiger partial charge in [-0.25, -0.2) is 8.42 Å². The first-order valence-corrected chi connectivity index (χ1v) is 7.64. The Morgan fingerprint density at radius 1 is 1.41 bits per heavy atom. The first-order valence-electron chi connectivity index (χ1n) is 6.16. The van der Waals surface area contributed by atoms with Crippen molar-refractivity contribution in [3.63, 3.8) is 0 Å². The summed E-state index contributed by atoms with van der Waals surface area (Å²) in [5.41, 5.74) is 1.07. The lowest BCUT2D eigenvalue weighted by molar-refractivity contribution is -0.118. The Balaban J connectivity index is 1.91. The maximum atomic E-state index is 11.8. The van der Waals surface area contributed by atoms with Crippen molar-refractivity contribution in [2.45, 2.75) is 56.6 Å². The Kier molecular flexibility index (Phi) is 3.30. The molecule has 0 bridgehead atoms. The fourth-order valence-corrected chi connectivity index (χ4v) is 3.28. The van der Waals surface area contributed by atoms with Gasteiger partial charge in [-0.15, -0.1) is 0 Å². The lowest BCUT2D eigenvalue weighted by Gasteiger charge is -2.14. The summed E-state index contributed by atoms with van der Waals surface area (Å²) >= 11 is 0. The van der Waals surface area contributed by atoms with Crippen LogP contribution in [0.5, 0.6) is 0 Å². The number of carbonyl (C=O) groups excluding carboxylic acids is 1. The molecule has 1 amide bonds. The smallest absolute Gasteiger partial charge is 0.240 e. The molecule has 1 fully saturated rings. The molecule has 96 valence electrons. The Morgan fingerprint density at radius 3 is 2.65 bits per heavy atom. The monoisotopic (exact) mass is 257 g/mol. The number of sulfonamides is 1. The quantitative estimate of drug-likeness (QED) is 0.782. The number of amides is 1. The van der Waals surface area contributed by atoms with E-state index in [0.29, 0.717) is 12.8 Å². The van der Waals surface area contributed by atoms with Gasteiger partial charge in [0.05, 0.1) is 4.75 Å². The summed E-state index contributed by atoms with van der Waals surface area (Å²) in [6, 6.07) is 0. The molecule has 0 aromatic heterocycles. The maximum Gasteiger partial charge on any atom is 0.240 e. The highest BCUT2D eigenvalue weighted by atomic mass is 32.2. The molecular weight excluding hydrogens is 238 g/mol. The van der Waals surface area contributed by atoms with Crippen LogP contribution in [0.2, 0.25) is 0 Å². The van der Waals surface area contributed by atoms with Crippen molar-refractivity contribution >= 4 is 15.9 Å². The van der Waals surface area contributed by atoms with Crippen LogP contribution in [0.4, 0.5) is 0 Å². The Morgan fingerprint density at radius 2 is 2.12 bits per heavy atom. The van der Waals surface area contributed by atoms with E-state index in [-0.39, 0.29) is 12.3 Å². The summed E-state index contributed by atoms with van der Waals surface area (Å²) in [6.45, 7) is 1.68. The Labute approximate surface area is 103 Å². The standard InChI is InChI=1S/C12H19NO3S/c1-12(7-8-12)17(15,16)13-11(14)9-10-5-3-2-4-6-10/h5H,2-4,6-9H2,1H3,(H,13,14). The molecule has 0 aromatic rings. The van der Waals surface area contributed by atoms with Gasteiger partial charge in [-0.1, -0.05) is 11.6 Å². The van der Waals surface area contributed by atoms with Crippen molar-refractivity contribution in [3.8, 4) is 0 Å². The third kappa shape index (κ3) is 2.89. The molecule has 17 heavy (non-hydrogen) atoms. The van der Waals surface area contributed by atoms with Gasteiger partial charge >= 0.3 is 0 Å². The van der Waals surface area contributed by atoms with E-state index in [0.717, 1.165) is 24.8 Å². The minimum atomic E-state index is -3.46. The van der Waals surface area contributed by atoms with E-state index < -0.39 is 14.8 Å². The average molecular weight is 257 g/mol. The molecule has 0 unspecified atom stereocenters. The fraction of sp³-hybridized carbons (Fsp3) is 0.750. The fourth-order valence-electron chi connectivity index (χ4n) is 2.03. The zero-order valence-electron chi connectivity index (χ0n) is 10.2. The number of rotatable bonds is 4. The molecule has 0 aliphatic heterocycles. The molecule has 0 atom stereocenters. The van der Waals surface area contributed by atoms with Crippen LogP contribution in [-0.2, 0) is 14.8 Å². The van der Waals surface area contributed by atoms with Crippen LogP contribution in [0.3, 0.4) is 0 Å². The molecule has 5 heteroatoms. The molecule has 0 aromatic carbocycles. The maximum absolute atomic E-state index is 11.8. The van der Waals surface area contributed by atoms with E-state index in [1.807, 2.05) is 0 Å². The number of hydrogen-bond acceptors (Lipinski definition) is 3. The van der Waals surface area contributed by atoms with Crippen LogP contribution in [0.15, 0.2) is 11.6 Å². The molecule has 0 radical (unpaired) electrons. The summed E-state index contributed by atoms with van der Waals surface area (Å²) in [7, 11) is -3.46. The van der Waals surface area contributed by atoms with Gasteiger partial charge in [0, 0.05) is 6.42 Å². The number of carbonyl (C=O) groups is 1. The minimum absolute atomic E-state index is 0.231. The molecule has 4 nitrogen and oxygen atoms in total. The van der Waals surface area contributed by atoms with Crippen LogP contribution in [0.1, 0.15) is 51.9 Å². The van der Waals surface area contributed by atoms with E-state index in [2.05, 4.69) is 10.8 Å². The van der Waals surface area contributed by atoms with Gasteiger partial charge in [0.2, 0.25) is 15.9 Å². The van der Waals surface area contributed by atoms with E-state index in [9.17, 15) is 13.2 Å². The number of nitrogens with one attached hydrogen (secondary N) is 1. The lowest BCUT2D eigenvalue weighted by atomic mass is 9.97. The number of allylic oxidation sites excluding steroid dienone is 1. The van der Waals surface area contributed by atoms with Crippen LogP contribution in [0, 0.1) is 0 Å². The molecule has 2 rings (SSSR count). The first kappa shape index (κ1) is 12.6. The predicted octanol–water partition coefficient (Wildman–Crippen LogP) is 1.88. The summed E-state index contributed by atoms with van der Waals surface area (Å²) < 4.78 is 25.1. The molecule has 0 heterocycles. The molecule has 1 N–H and O–H groups in total. The SMILES string of the molecule is CC1(S(=O)(=O)NC(=O)CC2=CCCCC2)CC1. The van der Waals surface area contributed by atoms with Gasteiger partial charge < -0.3 is 0 Å². The average Bonchev–Trinajstić information content (AvgIpc) is 2.98. The third-order valence-corrected chi connectivity index (χ3v) is 5.83. The summed E-state index contributed by atoms with van der Waals surface area (Å²) in [6.07, 6.45) is 7.79.